The highest BCUT2D eigenvalue weighted by Crippen LogP contribution is 2.23. The summed E-state index contributed by atoms with van der Waals surface area (Å²) in [5.74, 6) is -0.335. The first-order chi connectivity index (χ1) is 7.56. The fraction of sp³-hybridized carbons (Fsp3) is 0.300. The summed E-state index contributed by atoms with van der Waals surface area (Å²) in [6, 6.07) is 3.89. The molecular formula is C10H9I3O3. The normalized spacial score (nSPS) is 10.2. The van der Waals surface area contributed by atoms with Crippen LogP contribution in [0.5, 0.6) is 0 Å². The molecule has 0 atom stereocenters. The van der Waals surface area contributed by atoms with Crippen LogP contribution in [-0.2, 0) is 9.47 Å². The van der Waals surface area contributed by atoms with Gasteiger partial charge < -0.3 is 9.47 Å². The summed E-state index contributed by atoms with van der Waals surface area (Å²) in [4.78, 5) is 11.8. The van der Waals surface area contributed by atoms with Crippen LogP contribution in [0.3, 0.4) is 0 Å². The maximum absolute atomic E-state index is 11.8. The summed E-state index contributed by atoms with van der Waals surface area (Å²) in [7, 11) is 0. The average Bonchev–Trinajstić information content (AvgIpc) is 2.16. The van der Waals surface area contributed by atoms with Gasteiger partial charge in [0.05, 0.1) is 5.56 Å². The fourth-order valence-electron chi connectivity index (χ4n) is 0.988. The average molecular weight is 558 g/mol. The van der Waals surface area contributed by atoms with E-state index < -0.39 is 0 Å². The maximum atomic E-state index is 11.8. The third kappa shape index (κ3) is 4.26. The number of benzene rings is 1. The summed E-state index contributed by atoms with van der Waals surface area (Å²) in [5.41, 5.74) is 0.612. The second-order valence-electron chi connectivity index (χ2n) is 2.79. The van der Waals surface area contributed by atoms with Crippen LogP contribution in [0.1, 0.15) is 17.3 Å². The molecule has 0 aliphatic rings. The molecule has 6 heteroatoms. The van der Waals surface area contributed by atoms with Gasteiger partial charge >= 0.3 is 5.97 Å². The summed E-state index contributed by atoms with van der Waals surface area (Å²) < 4.78 is 12.9. The fourth-order valence-corrected chi connectivity index (χ4v) is 5.01. The Morgan fingerprint density at radius 2 is 1.81 bits per heavy atom. The summed E-state index contributed by atoms with van der Waals surface area (Å²) in [6.07, 6.45) is 0. The predicted octanol–water partition coefficient (Wildman–Crippen LogP) is 3.65. The van der Waals surface area contributed by atoms with E-state index in [1.165, 1.54) is 0 Å². The Hall–Kier alpha value is 0.840. The molecule has 1 aromatic rings. The van der Waals surface area contributed by atoms with Gasteiger partial charge in [-0.3, -0.25) is 0 Å². The number of esters is 1. The smallest absolute Gasteiger partial charge is 0.342 e. The van der Waals surface area contributed by atoms with Crippen molar-refractivity contribution in [3.63, 3.8) is 0 Å². The van der Waals surface area contributed by atoms with Crippen LogP contribution in [0, 0.1) is 10.7 Å². The molecule has 0 aliphatic heterocycles. The predicted molar refractivity (Wildman–Crippen MR) is 86.5 cm³/mol. The monoisotopic (exact) mass is 558 g/mol. The van der Waals surface area contributed by atoms with E-state index in [0.717, 1.165) is 10.7 Å². The number of ether oxygens (including phenoxy) is 2. The highest BCUT2D eigenvalue weighted by molar-refractivity contribution is 14.1. The van der Waals surface area contributed by atoms with E-state index in [9.17, 15) is 4.79 Å². The first-order valence-electron chi connectivity index (χ1n) is 4.45. The second-order valence-corrected chi connectivity index (χ2v) is 6.36. The molecule has 88 valence electrons. The number of carbonyl (C=O) groups excluding carboxylic acids is 1. The number of rotatable bonds is 4. The molecule has 0 aromatic heterocycles. The number of halogens is 3. The standard InChI is InChI=1S/C10H9I3O3/c1-2-15-5-16-10(14)9-7(12)3-6(11)4-8(9)13/h3-4H,2,5H2,1H3. The highest BCUT2D eigenvalue weighted by atomic mass is 127. The minimum absolute atomic E-state index is 0.00742. The maximum Gasteiger partial charge on any atom is 0.342 e. The van der Waals surface area contributed by atoms with Gasteiger partial charge in [-0.15, -0.1) is 0 Å². The van der Waals surface area contributed by atoms with Crippen molar-refractivity contribution in [3.05, 3.63) is 28.4 Å². The van der Waals surface area contributed by atoms with Crippen molar-refractivity contribution in [3.8, 4) is 0 Å². The van der Waals surface area contributed by atoms with Gasteiger partial charge in [-0.25, -0.2) is 4.79 Å². The Bertz CT molecular complexity index is 370. The molecule has 1 rings (SSSR count). The van der Waals surface area contributed by atoms with Gasteiger partial charge in [-0.1, -0.05) is 0 Å². The zero-order valence-corrected chi connectivity index (χ0v) is 14.9. The van der Waals surface area contributed by atoms with E-state index in [0.29, 0.717) is 12.2 Å². The molecular weight excluding hydrogens is 549 g/mol. The molecule has 0 unspecified atom stereocenters. The van der Waals surface area contributed by atoms with Crippen LogP contribution in [0.15, 0.2) is 12.1 Å². The third-order valence-corrected chi connectivity index (χ3v) is 4.01. The van der Waals surface area contributed by atoms with Gasteiger partial charge in [0.2, 0.25) is 0 Å². The minimum atomic E-state index is -0.335. The molecule has 0 heterocycles. The molecule has 0 saturated carbocycles. The van der Waals surface area contributed by atoms with Crippen LogP contribution in [0.2, 0.25) is 0 Å². The Morgan fingerprint density at radius 1 is 1.25 bits per heavy atom. The number of carbonyl (C=O) groups is 1. The molecule has 0 spiro atoms. The highest BCUT2D eigenvalue weighted by Gasteiger charge is 2.16. The van der Waals surface area contributed by atoms with E-state index in [4.69, 9.17) is 9.47 Å². The van der Waals surface area contributed by atoms with Crippen molar-refractivity contribution >= 4 is 73.7 Å². The zero-order valence-electron chi connectivity index (χ0n) is 8.43. The van der Waals surface area contributed by atoms with E-state index in [-0.39, 0.29) is 12.8 Å². The molecule has 0 saturated heterocycles. The van der Waals surface area contributed by atoms with Crippen LogP contribution in [-0.4, -0.2) is 19.4 Å². The molecule has 3 nitrogen and oxygen atoms in total. The van der Waals surface area contributed by atoms with Crippen molar-refractivity contribution in [2.75, 3.05) is 13.4 Å². The van der Waals surface area contributed by atoms with Gasteiger partial charge in [0.25, 0.3) is 0 Å². The quantitative estimate of drug-likeness (QED) is 0.245. The van der Waals surface area contributed by atoms with Crippen LogP contribution >= 0.6 is 67.8 Å². The van der Waals surface area contributed by atoms with Gasteiger partial charge in [-0.05, 0) is 86.8 Å². The van der Waals surface area contributed by atoms with Crippen LogP contribution in [0.25, 0.3) is 0 Å². The second kappa shape index (κ2) is 7.31. The number of hydrogen-bond acceptors (Lipinski definition) is 3. The molecule has 0 radical (unpaired) electrons. The lowest BCUT2D eigenvalue weighted by atomic mass is 10.2. The van der Waals surface area contributed by atoms with Crippen molar-refractivity contribution in [2.45, 2.75) is 6.92 Å². The first kappa shape index (κ1) is 14.9. The molecule has 16 heavy (non-hydrogen) atoms. The van der Waals surface area contributed by atoms with Crippen molar-refractivity contribution in [2.24, 2.45) is 0 Å². The van der Waals surface area contributed by atoms with E-state index in [1.807, 2.05) is 19.1 Å². The topological polar surface area (TPSA) is 35.5 Å². The van der Waals surface area contributed by atoms with E-state index >= 15 is 0 Å². The third-order valence-electron chi connectivity index (χ3n) is 1.69. The Balaban J connectivity index is 2.83. The van der Waals surface area contributed by atoms with Crippen molar-refractivity contribution in [1.29, 1.82) is 0 Å². The molecule has 0 aliphatic carbocycles. The lowest BCUT2D eigenvalue weighted by Crippen LogP contribution is -2.12. The summed E-state index contributed by atoms with van der Waals surface area (Å²) >= 11 is 6.49. The Labute approximate surface area is 135 Å². The SMILES string of the molecule is CCOCOC(=O)c1c(I)cc(I)cc1I. The van der Waals surface area contributed by atoms with Gasteiger partial charge in [-0.2, -0.15) is 0 Å². The van der Waals surface area contributed by atoms with Gasteiger partial charge in [0.15, 0.2) is 6.79 Å². The Morgan fingerprint density at radius 3 is 2.31 bits per heavy atom. The van der Waals surface area contributed by atoms with E-state index in [2.05, 4.69) is 67.8 Å². The van der Waals surface area contributed by atoms with Crippen molar-refractivity contribution < 1.29 is 14.3 Å². The lowest BCUT2D eigenvalue weighted by molar-refractivity contribution is -0.0276. The summed E-state index contributed by atoms with van der Waals surface area (Å²) in [6.45, 7) is 2.40. The molecule has 0 bridgehead atoms. The molecule has 0 fully saturated rings. The molecule has 0 amide bonds. The number of hydrogen-bond donors (Lipinski definition) is 0. The molecule has 0 N–H and O–H groups in total. The largest absolute Gasteiger partial charge is 0.435 e. The van der Waals surface area contributed by atoms with Gasteiger partial charge in [0, 0.05) is 17.3 Å². The summed E-state index contributed by atoms with van der Waals surface area (Å²) in [5, 5.41) is 0. The van der Waals surface area contributed by atoms with E-state index in [1.54, 1.807) is 0 Å². The van der Waals surface area contributed by atoms with Crippen molar-refractivity contribution in [1.82, 2.24) is 0 Å². The van der Waals surface area contributed by atoms with Crippen LogP contribution < -0.4 is 0 Å². The molecule has 1 aromatic carbocycles. The Kier molecular flexibility index (Phi) is 6.81. The zero-order chi connectivity index (χ0) is 12.1. The minimum Gasteiger partial charge on any atom is -0.435 e. The first-order valence-corrected chi connectivity index (χ1v) is 7.69. The van der Waals surface area contributed by atoms with Crippen LogP contribution in [0.4, 0.5) is 0 Å². The van der Waals surface area contributed by atoms with Gasteiger partial charge in [0.1, 0.15) is 0 Å². The lowest BCUT2D eigenvalue weighted by Gasteiger charge is -2.08.